The van der Waals surface area contributed by atoms with Crippen molar-refractivity contribution in [2.75, 3.05) is 11.9 Å². The summed E-state index contributed by atoms with van der Waals surface area (Å²) in [6.45, 7) is 2.51. The van der Waals surface area contributed by atoms with E-state index in [2.05, 4.69) is 5.32 Å². The molecule has 1 N–H and O–H groups in total. The minimum absolute atomic E-state index is 0.0127. The van der Waals surface area contributed by atoms with Gasteiger partial charge in [0.1, 0.15) is 17.7 Å². The molecule has 0 aliphatic carbocycles. The van der Waals surface area contributed by atoms with E-state index in [1.165, 1.54) is 12.1 Å². The Morgan fingerprint density at radius 2 is 2.00 bits per heavy atom. The van der Waals surface area contributed by atoms with Crippen molar-refractivity contribution >= 4 is 28.9 Å². The third-order valence-corrected chi connectivity index (χ3v) is 3.89. The number of rotatable bonds is 1. The van der Waals surface area contributed by atoms with Crippen LogP contribution in [0.3, 0.4) is 0 Å². The van der Waals surface area contributed by atoms with Gasteiger partial charge >= 0.3 is 0 Å². The summed E-state index contributed by atoms with van der Waals surface area (Å²) >= 11 is 11.8. The molecule has 1 atom stereocenters. The van der Waals surface area contributed by atoms with Crippen LogP contribution in [0.4, 0.5) is 10.1 Å². The van der Waals surface area contributed by atoms with E-state index in [1.807, 2.05) is 25.1 Å². The summed E-state index contributed by atoms with van der Waals surface area (Å²) in [5, 5.41) is 3.68. The van der Waals surface area contributed by atoms with E-state index in [9.17, 15) is 4.39 Å². The first-order valence-electron chi connectivity index (χ1n) is 6.20. The van der Waals surface area contributed by atoms with Gasteiger partial charge < -0.3 is 10.1 Å². The van der Waals surface area contributed by atoms with Gasteiger partial charge in [0.2, 0.25) is 0 Å². The second kappa shape index (κ2) is 5.15. The molecule has 5 heteroatoms. The van der Waals surface area contributed by atoms with Gasteiger partial charge in [-0.2, -0.15) is 0 Å². The highest BCUT2D eigenvalue weighted by Crippen LogP contribution is 2.37. The average Bonchev–Trinajstić information content (AvgIpc) is 2.42. The molecular formula is C15H12Cl2FNO. The average molecular weight is 312 g/mol. The Labute approximate surface area is 126 Å². The third-order valence-electron chi connectivity index (χ3n) is 3.27. The predicted molar refractivity (Wildman–Crippen MR) is 79.5 cm³/mol. The molecule has 104 valence electrons. The van der Waals surface area contributed by atoms with Gasteiger partial charge in [-0.3, -0.25) is 0 Å². The summed E-state index contributed by atoms with van der Waals surface area (Å²) in [4.78, 5) is 0. The molecule has 1 aliphatic rings. The van der Waals surface area contributed by atoms with E-state index >= 15 is 0 Å². The number of nitrogens with one attached hydrogen (secondary N) is 1. The fraction of sp³-hybridized carbons (Fsp3) is 0.200. The minimum atomic E-state index is -0.496. The first-order valence-corrected chi connectivity index (χ1v) is 6.96. The molecule has 0 saturated heterocycles. The molecule has 0 saturated carbocycles. The largest absolute Gasteiger partial charge is 0.482 e. The lowest BCUT2D eigenvalue weighted by atomic mass is 10.1. The highest BCUT2D eigenvalue weighted by Gasteiger charge is 2.24. The Bertz CT molecular complexity index is 675. The highest BCUT2D eigenvalue weighted by atomic mass is 35.5. The summed E-state index contributed by atoms with van der Waals surface area (Å²) in [6.07, 6.45) is -0.344. The first-order chi connectivity index (χ1) is 9.54. The van der Waals surface area contributed by atoms with E-state index < -0.39 is 5.82 Å². The molecule has 20 heavy (non-hydrogen) atoms. The van der Waals surface area contributed by atoms with Gasteiger partial charge in [-0.05, 0) is 36.8 Å². The fourth-order valence-electron chi connectivity index (χ4n) is 2.23. The number of ether oxygens (including phenoxy) is 1. The van der Waals surface area contributed by atoms with Crippen molar-refractivity contribution in [2.24, 2.45) is 0 Å². The van der Waals surface area contributed by atoms with Crippen molar-refractivity contribution in [1.29, 1.82) is 0 Å². The lowest BCUT2D eigenvalue weighted by Gasteiger charge is -2.28. The highest BCUT2D eigenvalue weighted by molar-refractivity contribution is 6.35. The molecule has 1 aliphatic heterocycles. The number of hydrogen-bond donors (Lipinski definition) is 1. The van der Waals surface area contributed by atoms with Gasteiger partial charge in [-0.1, -0.05) is 29.3 Å². The molecular weight excluding hydrogens is 300 g/mol. The number of benzene rings is 2. The fourth-order valence-corrected chi connectivity index (χ4v) is 2.73. The van der Waals surface area contributed by atoms with Crippen LogP contribution in [0.2, 0.25) is 10.0 Å². The summed E-state index contributed by atoms with van der Waals surface area (Å²) in [5.41, 5.74) is 2.62. The zero-order chi connectivity index (χ0) is 14.3. The van der Waals surface area contributed by atoms with Crippen LogP contribution in [0.25, 0.3) is 0 Å². The van der Waals surface area contributed by atoms with Crippen LogP contribution < -0.4 is 10.1 Å². The Hall–Kier alpha value is -1.45. The molecule has 2 nitrogen and oxygen atoms in total. The van der Waals surface area contributed by atoms with Crippen LogP contribution in [-0.2, 0) is 0 Å². The van der Waals surface area contributed by atoms with E-state index in [-0.39, 0.29) is 11.1 Å². The molecule has 2 aromatic rings. The maximum absolute atomic E-state index is 13.6. The lowest BCUT2D eigenvalue weighted by molar-refractivity contribution is 0.210. The van der Waals surface area contributed by atoms with Gasteiger partial charge in [0.05, 0.1) is 17.3 Å². The van der Waals surface area contributed by atoms with Crippen molar-refractivity contribution in [2.45, 2.75) is 13.0 Å². The molecule has 0 radical (unpaired) electrons. The molecule has 0 aromatic heterocycles. The smallest absolute Gasteiger partial charge is 0.143 e. The molecule has 3 rings (SSSR count). The summed E-state index contributed by atoms with van der Waals surface area (Å²) < 4.78 is 19.5. The third kappa shape index (κ3) is 2.43. The molecule has 1 unspecified atom stereocenters. The Kier molecular flexibility index (Phi) is 3.48. The number of fused-ring (bicyclic) bond motifs is 1. The Balaban J connectivity index is 1.96. The zero-order valence-corrected chi connectivity index (χ0v) is 12.2. The van der Waals surface area contributed by atoms with Crippen LogP contribution in [0.5, 0.6) is 5.75 Å². The van der Waals surface area contributed by atoms with E-state index in [0.717, 1.165) is 17.0 Å². The molecule has 0 bridgehead atoms. The molecule has 2 aromatic carbocycles. The first kappa shape index (κ1) is 13.5. The zero-order valence-electron chi connectivity index (χ0n) is 10.7. The number of hydrogen-bond acceptors (Lipinski definition) is 2. The SMILES string of the molecule is Cc1ccc2c(c1)OC(c1cc(F)c(Cl)cc1Cl)CN2. The van der Waals surface area contributed by atoms with Gasteiger partial charge in [-0.15, -0.1) is 0 Å². The van der Waals surface area contributed by atoms with E-state index in [0.29, 0.717) is 17.1 Å². The van der Waals surface area contributed by atoms with Crippen molar-refractivity contribution in [1.82, 2.24) is 0 Å². The lowest BCUT2D eigenvalue weighted by Crippen LogP contribution is -2.24. The van der Waals surface area contributed by atoms with Crippen LogP contribution in [0.1, 0.15) is 17.2 Å². The van der Waals surface area contributed by atoms with Gasteiger partial charge in [0.15, 0.2) is 0 Å². The maximum Gasteiger partial charge on any atom is 0.143 e. The number of anilines is 1. The van der Waals surface area contributed by atoms with Gasteiger partial charge in [-0.25, -0.2) is 4.39 Å². The quantitative estimate of drug-likeness (QED) is 0.749. The normalized spacial score (nSPS) is 17.1. The van der Waals surface area contributed by atoms with Crippen molar-refractivity contribution in [3.05, 3.63) is 57.3 Å². The van der Waals surface area contributed by atoms with Gasteiger partial charge in [0, 0.05) is 10.6 Å². The Morgan fingerprint density at radius 1 is 1.20 bits per heavy atom. The van der Waals surface area contributed by atoms with Crippen LogP contribution in [0.15, 0.2) is 30.3 Å². The van der Waals surface area contributed by atoms with Gasteiger partial charge in [0.25, 0.3) is 0 Å². The van der Waals surface area contributed by atoms with E-state index in [4.69, 9.17) is 27.9 Å². The number of aryl methyl sites for hydroxylation is 1. The van der Waals surface area contributed by atoms with Crippen LogP contribution >= 0.6 is 23.2 Å². The topological polar surface area (TPSA) is 21.3 Å². The Morgan fingerprint density at radius 3 is 2.80 bits per heavy atom. The minimum Gasteiger partial charge on any atom is -0.482 e. The number of halogens is 3. The summed E-state index contributed by atoms with van der Waals surface area (Å²) in [7, 11) is 0. The van der Waals surface area contributed by atoms with Crippen molar-refractivity contribution in [3.8, 4) is 5.75 Å². The monoisotopic (exact) mass is 311 g/mol. The predicted octanol–water partition coefficient (Wildman–Crippen LogP) is 4.99. The van der Waals surface area contributed by atoms with Crippen LogP contribution in [-0.4, -0.2) is 6.54 Å². The maximum atomic E-state index is 13.6. The summed E-state index contributed by atoms with van der Waals surface area (Å²) in [5.74, 6) is 0.248. The van der Waals surface area contributed by atoms with Crippen molar-refractivity contribution < 1.29 is 9.13 Å². The van der Waals surface area contributed by atoms with E-state index in [1.54, 1.807) is 0 Å². The molecule has 1 heterocycles. The molecule has 0 amide bonds. The molecule has 0 spiro atoms. The standard InChI is InChI=1S/C15H12Cl2FNO/c1-8-2-3-13-14(4-8)20-15(7-19-13)9-5-12(18)11(17)6-10(9)16/h2-6,15,19H,7H2,1H3. The molecule has 0 fully saturated rings. The van der Waals surface area contributed by atoms with Crippen molar-refractivity contribution in [3.63, 3.8) is 0 Å². The second-order valence-electron chi connectivity index (χ2n) is 4.77. The summed E-state index contributed by atoms with van der Waals surface area (Å²) in [6, 6.07) is 8.64. The second-order valence-corrected chi connectivity index (χ2v) is 5.59. The van der Waals surface area contributed by atoms with Crippen LogP contribution in [0, 0.1) is 12.7 Å².